The van der Waals surface area contributed by atoms with Crippen molar-refractivity contribution in [2.24, 2.45) is 0 Å². The number of carbonyl (C=O) groups is 2. The number of ether oxygens (including phenoxy) is 1. The SMILES string of the molecule is COc1ccccc1-n1c(SCC(=O)c2ccc3c(c2)CCC(=O)N3)nnc1-c1cccs1. The van der Waals surface area contributed by atoms with Crippen molar-refractivity contribution in [1.82, 2.24) is 14.8 Å². The van der Waals surface area contributed by atoms with E-state index in [1.165, 1.54) is 11.8 Å². The number of hydrogen-bond acceptors (Lipinski definition) is 7. The van der Waals surface area contributed by atoms with E-state index in [0.29, 0.717) is 35.1 Å². The first-order chi connectivity index (χ1) is 16.1. The van der Waals surface area contributed by atoms with Crippen LogP contribution in [-0.4, -0.2) is 39.3 Å². The van der Waals surface area contributed by atoms with Crippen LogP contribution < -0.4 is 10.1 Å². The van der Waals surface area contributed by atoms with Crippen molar-refractivity contribution < 1.29 is 14.3 Å². The van der Waals surface area contributed by atoms with Crippen LogP contribution in [0.25, 0.3) is 16.4 Å². The molecule has 0 saturated heterocycles. The fourth-order valence-electron chi connectivity index (χ4n) is 3.73. The van der Waals surface area contributed by atoms with Crippen LogP contribution in [0.4, 0.5) is 5.69 Å². The monoisotopic (exact) mass is 476 g/mol. The number of thioether (sulfide) groups is 1. The molecule has 0 atom stereocenters. The van der Waals surface area contributed by atoms with Crippen LogP contribution in [0.5, 0.6) is 5.75 Å². The third-order valence-corrected chi connectivity index (χ3v) is 7.15. The van der Waals surface area contributed by atoms with Gasteiger partial charge in [0, 0.05) is 17.7 Å². The molecule has 3 heterocycles. The summed E-state index contributed by atoms with van der Waals surface area (Å²) in [6, 6.07) is 17.1. The van der Waals surface area contributed by atoms with Crippen LogP contribution in [0.15, 0.2) is 65.1 Å². The molecule has 166 valence electrons. The van der Waals surface area contributed by atoms with E-state index in [-0.39, 0.29) is 17.4 Å². The highest BCUT2D eigenvalue weighted by atomic mass is 32.2. The Hall–Kier alpha value is -3.43. The Balaban J connectivity index is 1.43. The van der Waals surface area contributed by atoms with Crippen molar-refractivity contribution in [3.63, 3.8) is 0 Å². The first-order valence-electron chi connectivity index (χ1n) is 10.4. The molecule has 0 spiro atoms. The van der Waals surface area contributed by atoms with Gasteiger partial charge in [0.15, 0.2) is 16.8 Å². The highest BCUT2D eigenvalue weighted by molar-refractivity contribution is 7.99. The summed E-state index contributed by atoms with van der Waals surface area (Å²) in [5.41, 5.74) is 3.21. The summed E-state index contributed by atoms with van der Waals surface area (Å²) < 4.78 is 7.51. The average molecular weight is 477 g/mol. The number of amides is 1. The predicted molar refractivity (Wildman–Crippen MR) is 130 cm³/mol. The van der Waals surface area contributed by atoms with E-state index in [1.54, 1.807) is 30.6 Å². The number of methoxy groups -OCH3 is 1. The molecule has 0 radical (unpaired) electrons. The molecule has 0 aliphatic carbocycles. The second-order valence-electron chi connectivity index (χ2n) is 7.42. The molecule has 1 amide bonds. The van der Waals surface area contributed by atoms with Gasteiger partial charge < -0.3 is 10.1 Å². The lowest BCUT2D eigenvalue weighted by atomic mass is 9.99. The smallest absolute Gasteiger partial charge is 0.224 e. The summed E-state index contributed by atoms with van der Waals surface area (Å²) in [5.74, 6) is 1.61. The molecule has 5 rings (SSSR count). The number of hydrogen-bond donors (Lipinski definition) is 1. The number of nitrogens with zero attached hydrogens (tertiary/aromatic N) is 3. The second kappa shape index (κ2) is 9.21. The van der Waals surface area contributed by atoms with Crippen LogP contribution in [0.2, 0.25) is 0 Å². The fourth-order valence-corrected chi connectivity index (χ4v) is 5.27. The number of ketones is 1. The van der Waals surface area contributed by atoms with Crippen LogP contribution in [0.3, 0.4) is 0 Å². The van der Waals surface area contributed by atoms with Gasteiger partial charge in [-0.3, -0.25) is 14.2 Å². The lowest BCUT2D eigenvalue weighted by molar-refractivity contribution is -0.116. The van der Waals surface area contributed by atoms with Gasteiger partial charge in [-0.25, -0.2) is 0 Å². The van der Waals surface area contributed by atoms with E-state index in [4.69, 9.17) is 4.74 Å². The van der Waals surface area contributed by atoms with Gasteiger partial charge in [-0.1, -0.05) is 30.0 Å². The van der Waals surface area contributed by atoms with Crippen molar-refractivity contribution in [3.05, 3.63) is 71.1 Å². The summed E-state index contributed by atoms with van der Waals surface area (Å²) in [6.07, 6.45) is 1.08. The van der Waals surface area contributed by atoms with Crippen molar-refractivity contribution in [3.8, 4) is 22.1 Å². The van der Waals surface area contributed by atoms with E-state index in [1.807, 2.05) is 52.4 Å². The lowest BCUT2D eigenvalue weighted by Crippen LogP contribution is -2.19. The Morgan fingerprint density at radius 1 is 1.15 bits per heavy atom. The molecule has 0 unspecified atom stereocenters. The van der Waals surface area contributed by atoms with Gasteiger partial charge in [0.2, 0.25) is 5.91 Å². The Morgan fingerprint density at radius 2 is 2.03 bits per heavy atom. The number of anilines is 1. The summed E-state index contributed by atoms with van der Waals surface area (Å²) in [7, 11) is 1.63. The molecule has 33 heavy (non-hydrogen) atoms. The number of aromatic nitrogens is 3. The summed E-state index contributed by atoms with van der Waals surface area (Å²) in [6.45, 7) is 0. The highest BCUT2D eigenvalue weighted by Crippen LogP contribution is 2.34. The third kappa shape index (κ3) is 4.29. The van der Waals surface area contributed by atoms with Gasteiger partial charge in [-0.2, -0.15) is 0 Å². The van der Waals surface area contributed by atoms with E-state index in [9.17, 15) is 9.59 Å². The van der Waals surface area contributed by atoms with Crippen molar-refractivity contribution in [2.75, 3.05) is 18.2 Å². The van der Waals surface area contributed by atoms with Crippen LogP contribution in [0.1, 0.15) is 22.3 Å². The molecule has 1 aliphatic rings. The van der Waals surface area contributed by atoms with Gasteiger partial charge in [0.05, 0.1) is 23.4 Å². The molecule has 2 aromatic carbocycles. The molecule has 0 saturated carbocycles. The predicted octanol–water partition coefficient (Wildman–Crippen LogP) is 4.86. The molecule has 1 aliphatic heterocycles. The number of thiophene rings is 1. The minimum absolute atomic E-state index is 0.00745. The molecule has 4 aromatic rings. The second-order valence-corrected chi connectivity index (χ2v) is 9.31. The van der Waals surface area contributed by atoms with Crippen molar-refractivity contribution in [2.45, 2.75) is 18.0 Å². The molecular weight excluding hydrogens is 456 g/mol. The summed E-state index contributed by atoms with van der Waals surface area (Å²) in [4.78, 5) is 25.5. The van der Waals surface area contributed by atoms with Crippen molar-refractivity contribution in [1.29, 1.82) is 0 Å². The van der Waals surface area contributed by atoms with Gasteiger partial charge in [-0.15, -0.1) is 21.5 Å². The first kappa shape index (κ1) is 21.4. The largest absolute Gasteiger partial charge is 0.495 e. The maximum atomic E-state index is 13.0. The Morgan fingerprint density at radius 3 is 2.85 bits per heavy atom. The molecule has 0 bridgehead atoms. The van der Waals surface area contributed by atoms with E-state index >= 15 is 0 Å². The molecule has 1 N–H and O–H groups in total. The average Bonchev–Trinajstić information content (AvgIpc) is 3.52. The summed E-state index contributed by atoms with van der Waals surface area (Å²) >= 11 is 2.91. The fraction of sp³-hybridized carbons (Fsp3) is 0.167. The van der Waals surface area contributed by atoms with E-state index in [2.05, 4.69) is 15.5 Å². The highest BCUT2D eigenvalue weighted by Gasteiger charge is 2.21. The standard InChI is InChI=1S/C24H20N4O3S2/c1-31-20-6-3-2-5-18(20)28-23(21-7-4-12-32-21)26-27-24(28)33-14-19(29)16-8-10-17-15(13-16)9-11-22(30)25-17/h2-8,10,12-13H,9,11,14H2,1H3,(H,25,30). The van der Waals surface area contributed by atoms with Crippen LogP contribution >= 0.6 is 23.1 Å². The topological polar surface area (TPSA) is 86.1 Å². The van der Waals surface area contributed by atoms with E-state index in [0.717, 1.165) is 21.8 Å². The van der Waals surface area contributed by atoms with Gasteiger partial charge in [0.1, 0.15) is 5.75 Å². The number of nitrogens with one attached hydrogen (secondary N) is 1. The minimum atomic E-state index is -0.00745. The molecule has 7 nitrogen and oxygen atoms in total. The first-order valence-corrected chi connectivity index (χ1v) is 12.2. The maximum Gasteiger partial charge on any atom is 0.224 e. The zero-order valence-electron chi connectivity index (χ0n) is 17.8. The van der Waals surface area contributed by atoms with Gasteiger partial charge in [-0.05, 0) is 53.8 Å². The Labute approximate surface area is 198 Å². The summed E-state index contributed by atoms with van der Waals surface area (Å²) in [5, 5.41) is 14.3. The molecule has 0 fully saturated rings. The number of benzene rings is 2. The van der Waals surface area contributed by atoms with Gasteiger partial charge >= 0.3 is 0 Å². The zero-order valence-corrected chi connectivity index (χ0v) is 19.4. The number of fused-ring (bicyclic) bond motifs is 1. The van der Waals surface area contributed by atoms with Crippen LogP contribution in [-0.2, 0) is 11.2 Å². The molecular formula is C24H20N4O3S2. The van der Waals surface area contributed by atoms with E-state index < -0.39 is 0 Å². The number of aryl methyl sites for hydroxylation is 1. The lowest BCUT2D eigenvalue weighted by Gasteiger charge is -2.17. The number of Topliss-reactive ketones (excluding diaryl/α,β-unsaturated/α-hetero) is 1. The van der Waals surface area contributed by atoms with Gasteiger partial charge in [0.25, 0.3) is 0 Å². The maximum absolute atomic E-state index is 13.0. The quantitative estimate of drug-likeness (QED) is 0.303. The zero-order chi connectivity index (χ0) is 22.8. The Bertz CT molecular complexity index is 1330. The number of para-hydroxylation sites is 2. The normalized spacial score (nSPS) is 12.8. The number of rotatable bonds is 7. The third-order valence-electron chi connectivity index (χ3n) is 5.36. The van der Waals surface area contributed by atoms with Crippen molar-refractivity contribution >= 4 is 40.5 Å². The van der Waals surface area contributed by atoms with Crippen LogP contribution in [0, 0.1) is 0 Å². The molecule has 2 aromatic heterocycles. The molecule has 9 heteroatoms. The Kier molecular flexibility index (Phi) is 5.97. The minimum Gasteiger partial charge on any atom is -0.495 e. The number of carbonyl (C=O) groups excluding carboxylic acids is 2.